The van der Waals surface area contributed by atoms with Crippen molar-refractivity contribution < 1.29 is 18.8 Å². The van der Waals surface area contributed by atoms with Gasteiger partial charge in [0, 0.05) is 18.3 Å². The Morgan fingerprint density at radius 1 is 0.926 bits per heavy atom. The fourth-order valence-corrected chi connectivity index (χ4v) is 2.50. The molecule has 1 unspecified atom stereocenters. The summed E-state index contributed by atoms with van der Waals surface area (Å²) in [6, 6.07) is 11.4. The van der Waals surface area contributed by atoms with Crippen molar-refractivity contribution >= 4 is 29.1 Å². The van der Waals surface area contributed by atoms with Gasteiger partial charge in [0.15, 0.2) is 0 Å². The number of carbonyl (C=O) groups excluding carboxylic acids is 3. The van der Waals surface area contributed by atoms with Crippen molar-refractivity contribution in [1.82, 2.24) is 5.32 Å². The summed E-state index contributed by atoms with van der Waals surface area (Å²) in [4.78, 5) is 36.1. The van der Waals surface area contributed by atoms with E-state index < -0.39 is 23.7 Å². The Balaban J connectivity index is 2.12. The zero-order valence-corrected chi connectivity index (χ0v) is 15.4. The van der Waals surface area contributed by atoms with Crippen LogP contribution in [0.3, 0.4) is 0 Å². The Morgan fingerprint density at radius 3 is 2.15 bits per heavy atom. The summed E-state index contributed by atoms with van der Waals surface area (Å²) in [7, 11) is 0. The molecule has 0 radical (unpaired) electrons. The average Bonchev–Trinajstić information content (AvgIpc) is 2.59. The number of benzene rings is 2. The van der Waals surface area contributed by atoms with Gasteiger partial charge in [-0.15, -0.1) is 0 Å². The van der Waals surface area contributed by atoms with Crippen LogP contribution in [-0.4, -0.2) is 23.8 Å². The van der Waals surface area contributed by atoms with Crippen molar-refractivity contribution in [2.75, 3.05) is 10.6 Å². The van der Waals surface area contributed by atoms with E-state index in [2.05, 4.69) is 16.0 Å². The number of amides is 3. The summed E-state index contributed by atoms with van der Waals surface area (Å²) in [6.07, 6.45) is 0. The monoisotopic (exact) mass is 371 g/mol. The first-order valence-electron chi connectivity index (χ1n) is 8.52. The number of carbonyl (C=O) groups is 3. The Labute approximate surface area is 157 Å². The molecule has 142 valence electrons. The van der Waals surface area contributed by atoms with Crippen molar-refractivity contribution in [1.29, 1.82) is 0 Å². The van der Waals surface area contributed by atoms with Crippen LogP contribution in [0, 0.1) is 11.7 Å². The van der Waals surface area contributed by atoms with Gasteiger partial charge in [-0.1, -0.05) is 32.0 Å². The molecule has 0 aliphatic rings. The minimum absolute atomic E-state index is 0.122. The van der Waals surface area contributed by atoms with E-state index in [0.29, 0.717) is 11.4 Å². The van der Waals surface area contributed by atoms with Gasteiger partial charge in [0.25, 0.3) is 5.91 Å². The average molecular weight is 371 g/mol. The third-order valence-electron chi connectivity index (χ3n) is 3.80. The normalized spacial score (nSPS) is 11.6. The van der Waals surface area contributed by atoms with Crippen molar-refractivity contribution in [3.63, 3.8) is 0 Å². The molecule has 0 heterocycles. The summed E-state index contributed by atoms with van der Waals surface area (Å²) in [5.41, 5.74) is 0.887. The highest BCUT2D eigenvalue weighted by atomic mass is 19.1. The molecule has 1 atom stereocenters. The second-order valence-corrected chi connectivity index (χ2v) is 6.43. The zero-order valence-electron chi connectivity index (χ0n) is 15.4. The fraction of sp³-hybridized carbons (Fsp3) is 0.250. The van der Waals surface area contributed by atoms with E-state index >= 15 is 0 Å². The third-order valence-corrected chi connectivity index (χ3v) is 3.80. The van der Waals surface area contributed by atoms with Gasteiger partial charge in [-0.3, -0.25) is 14.4 Å². The number of hydrogen-bond acceptors (Lipinski definition) is 3. The molecule has 6 nitrogen and oxygen atoms in total. The van der Waals surface area contributed by atoms with Crippen molar-refractivity contribution in [3.05, 3.63) is 59.9 Å². The summed E-state index contributed by atoms with van der Waals surface area (Å²) in [5, 5.41) is 7.92. The topological polar surface area (TPSA) is 87.3 Å². The molecule has 0 aromatic heterocycles. The SMILES string of the molecule is CC(=O)Nc1cccc(NC(=O)C(NC(=O)c2ccccc2F)C(C)C)c1. The van der Waals surface area contributed by atoms with Crippen molar-refractivity contribution in [3.8, 4) is 0 Å². The molecule has 3 N–H and O–H groups in total. The van der Waals surface area contributed by atoms with Crippen LogP contribution in [0.4, 0.5) is 15.8 Å². The molecule has 0 saturated heterocycles. The first kappa shape index (κ1) is 20.1. The lowest BCUT2D eigenvalue weighted by Gasteiger charge is -2.22. The highest BCUT2D eigenvalue weighted by Crippen LogP contribution is 2.16. The minimum atomic E-state index is -0.860. The van der Waals surface area contributed by atoms with Crippen LogP contribution in [0.15, 0.2) is 48.5 Å². The van der Waals surface area contributed by atoms with Gasteiger partial charge < -0.3 is 16.0 Å². The number of nitrogens with one attached hydrogen (secondary N) is 3. The minimum Gasteiger partial charge on any atom is -0.340 e. The molecule has 2 aromatic rings. The molecular weight excluding hydrogens is 349 g/mol. The van der Waals surface area contributed by atoms with Crippen LogP contribution in [0.5, 0.6) is 0 Å². The van der Waals surface area contributed by atoms with E-state index in [4.69, 9.17) is 0 Å². The predicted octanol–water partition coefficient (Wildman–Crippen LogP) is 3.18. The molecule has 0 aliphatic carbocycles. The Bertz CT molecular complexity index is 852. The standard InChI is InChI=1S/C20H22FN3O3/c1-12(2)18(24-19(26)16-9-4-5-10-17(16)21)20(27)23-15-8-6-7-14(11-15)22-13(3)25/h4-12,18H,1-3H3,(H,22,25)(H,23,27)(H,24,26). The van der Waals surface area contributed by atoms with Gasteiger partial charge in [0.1, 0.15) is 11.9 Å². The maximum Gasteiger partial charge on any atom is 0.254 e. The van der Waals surface area contributed by atoms with E-state index in [0.717, 1.165) is 0 Å². The molecule has 7 heteroatoms. The molecule has 2 aromatic carbocycles. The first-order chi connectivity index (χ1) is 12.8. The van der Waals surface area contributed by atoms with Crippen LogP contribution in [0.25, 0.3) is 0 Å². The maximum atomic E-state index is 13.8. The second-order valence-electron chi connectivity index (χ2n) is 6.43. The molecule has 0 aliphatic heterocycles. The number of rotatable bonds is 6. The molecule has 0 spiro atoms. The van der Waals surface area contributed by atoms with Crippen LogP contribution in [0.2, 0.25) is 0 Å². The van der Waals surface area contributed by atoms with E-state index in [1.165, 1.54) is 25.1 Å². The predicted molar refractivity (Wildman–Crippen MR) is 102 cm³/mol. The van der Waals surface area contributed by atoms with Gasteiger partial charge in [0.2, 0.25) is 11.8 Å². The lowest BCUT2D eigenvalue weighted by molar-refractivity contribution is -0.119. The summed E-state index contributed by atoms with van der Waals surface area (Å²) < 4.78 is 13.8. The lowest BCUT2D eigenvalue weighted by Crippen LogP contribution is -2.47. The molecule has 27 heavy (non-hydrogen) atoms. The van der Waals surface area contributed by atoms with Gasteiger partial charge in [-0.2, -0.15) is 0 Å². The number of anilines is 2. The smallest absolute Gasteiger partial charge is 0.254 e. The largest absolute Gasteiger partial charge is 0.340 e. The fourth-order valence-electron chi connectivity index (χ4n) is 2.50. The third kappa shape index (κ3) is 5.64. The Morgan fingerprint density at radius 2 is 1.56 bits per heavy atom. The highest BCUT2D eigenvalue weighted by Gasteiger charge is 2.25. The van der Waals surface area contributed by atoms with Gasteiger partial charge in [0.05, 0.1) is 5.56 Å². The molecule has 3 amide bonds. The Kier molecular flexibility index (Phi) is 6.65. The van der Waals surface area contributed by atoms with Crippen molar-refractivity contribution in [2.45, 2.75) is 26.8 Å². The van der Waals surface area contributed by atoms with Crippen LogP contribution < -0.4 is 16.0 Å². The van der Waals surface area contributed by atoms with E-state index in [9.17, 15) is 18.8 Å². The molecular formula is C20H22FN3O3. The summed E-state index contributed by atoms with van der Waals surface area (Å²) >= 11 is 0. The molecule has 0 saturated carbocycles. The molecule has 0 fully saturated rings. The zero-order chi connectivity index (χ0) is 20.0. The number of halogens is 1. The van der Waals surface area contributed by atoms with Crippen LogP contribution >= 0.6 is 0 Å². The van der Waals surface area contributed by atoms with Crippen LogP contribution in [0.1, 0.15) is 31.1 Å². The molecule has 2 rings (SSSR count). The van der Waals surface area contributed by atoms with Gasteiger partial charge in [-0.05, 0) is 36.2 Å². The summed E-state index contributed by atoms with van der Waals surface area (Å²) in [5.74, 6) is -2.19. The maximum absolute atomic E-state index is 13.8. The van der Waals surface area contributed by atoms with Gasteiger partial charge in [-0.25, -0.2) is 4.39 Å². The van der Waals surface area contributed by atoms with E-state index in [1.54, 1.807) is 44.2 Å². The number of hydrogen-bond donors (Lipinski definition) is 3. The quantitative estimate of drug-likeness (QED) is 0.729. The van der Waals surface area contributed by atoms with E-state index in [-0.39, 0.29) is 17.4 Å². The van der Waals surface area contributed by atoms with Gasteiger partial charge >= 0.3 is 0 Å². The van der Waals surface area contributed by atoms with E-state index in [1.807, 2.05) is 0 Å². The Hall–Kier alpha value is -3.22. The lowest BCUT2D eigenvalue weighted by atomic mass is 10.0. The van der Waals surface area contributed by atoms with Crippen LogP contribution in [-0.2, 0) is 9.59 Å². The summed E-state index contributed by atoms with van der Waals surface area (Å²) in [6.45, 7) is 4.94. The highest BCUT2D eigenvalue weighted by molar-refractivity contribution is 6.01. The molecule has 0 bridgehead atoms. The second kappa shape index (κ2) is 8.93. The van der Waals surface area contributed by atoms with Crippen molar-refractivity contribution in [2.24, 2.45) is 5.92 Å². The first-order valence-corrected chi connectivity index (χ1v) is 8.52.